The SMILES string of the molecule is COC1(C)CC(=O)C([Si](C(C)C)(C(C)C)C(C)C)=C1c1ccccc1. The number of Topliss-reactive ketones (excluding diaryl/α,β-unsaturated/α-hetero) is 1. The number of ether oxygens (including phenoxy) is 1. The summed E-state index contributed by atoms with van der Waals surface area (Å²) < 4.78 is 5.94. The Labute approximate surface area is 154 Å². The quantitative estimate of drug-likeness (QED) is 0.580. The molecule has 0 aromatic heterocycles. The predicted octanol–water partition coefficient (Wildman–Crippen LogP) is 6.04. The summed E-state index contributed by atoms with van der Waals surface area (Å²) in [5.74, 6) is 0.311. The lowest BCUT2D eigenvalue weighted by molar-refractivity contribution is -0.117. The highest BCUT2D eigenvalue weighted by molar-refractivity contribution is 6.94. The molecule has 1 atom stereocenters. The Morgan fingerprint density at radius 2 is 1.44 bits per heavy atom. The van der Waals surface area contributed by atoms with Gasteiger partial charge in [-0.1, -0.05) is 71.9 Å². The lowest BCUT2D eigenvalue weighted by Crippen LogP contribution is -2.48. The predicted molar refractivity (Wildman–Crippen MR) is 109 cm³/mol. The van der Waals surface area contributed by atoms with E-state index in [0.717, 1.165) is 16.3 Å². The number of carbonyl (C=O) groups is 1. The number of ketones is 1. The van der Waals surface area contributed by atoms with Gasteiger partial charge in [-0.05, 0) is 39.9 Å². The summed E-state index contributed by atoms with van der Waals surface area (Å²) in [5, 5.41) is 1.14. The monoisotopic (exact) mass is 358 g/mol. The first-order valence-electron chi connectivity index (χ1n) is 9.51. The van der Waals surface area contributed by atoms with Crippen LogP contribution in [-0.2, 0) is 9.53 Å². The largest absolute Gasteiger partial charge is 0.373 e. The van der Waals surface area contributed by atoms with Gasteiger partial charge < -0.3 is 4.74 Å². The maximum atomic E-state index is 13.4. The van der Waals surface area contributed by atoms with Crippen LogP contribution in [0.4, 0.5) is 0 Å². The summed E-state index contributed by atoms with van der Waals surface area (Å²) in [6.07, 6.45) is 0.462. The maximum Gasteiger partial charge on any atom is 0.158 e. The molecule has 0 heterocycles. The van der Waals surface area contributed by atoms with Crippen LogP contribution in [-0.4, -0.2) is 26.6 Å². The van der Waals surface area contributed by atoms with Crippen LogP contribution in [0.2, 0.25) is 16.6 Å². The lowest BCUT2D eigenvalue weighted by Gasteiger charge is -2.44. The Morgan fingerprint density at radius 1 is 0.960 bits per heavy atom. The van der Waals surface area contributed by atoms with E-state index >= 15 is 0 Å². The molecule has 3 heteroatoms. The normalized spacial score (nSPS) is 22.0. The number of rotatable bonds is 6. The number of benzene rings is 1. The van der Waals surface area contributed by atoms with Crippen LogP contribution in [0.3, 0.4) is 0 Å². The van der Waals surface area contributed by atoms with Gasteiger partial charge in [-0.25, -0.2) is 0 Å². The lowest BCUT2D eigenvalue weighted by atomic mass is 9.92. The first-order chi connectivity index (χ1) is 11.6. The molecular formula is C22H34O2Si. The number of methoxy groups -OCH3 is 1. The van der Waals surface area contributed by atoms with E-state index in [4.69, 9.17) is 4.74 Å². The van der Waals surface area contributed by atoms with Crippen molar-refractivity contribution in [2.45, 2.75) is 77.1 Å². The van der Waals surface area contributed by atoms with Crippen LogP contribution in [0.5, 0.6) is 0 Å². The fourth-order valence-electron chi connectivity index (χ4n) is 5.44. The minimum Gasteiger partial charge on any atom is -0.373 e. The molecule has 138 valence electrons. The molecule has 0 bridgehead atoms. The van der Waals surface area contributed by atoms with Crippen molar-refractivity contribution in [1.29, 1.82) is 0 Å². The van der Waals surface area contributed by atoms with E-state index in [1.54, 1.807) is 7.11 Å². The van der Waals surface area contributed by atoms with E-state index in [9.17, 15) is 4.79 Å². The molecule has 0 saturated carbocycles. The number of hydrogen-bond acceptors (Lipinski definition) is 2. The Hall–Kier alpha value is -1.19. The minimum absolute atomic E-state index is 0.311. The van der Waals surface area contributed by atoms with Gasteiger partial charge in [0.05, 0.1) is 13.7 Å². The van der Waals surface area contributed by atoms with Gasteiger partial charge in [0.1, 0.15) is 0 Å². The fourth-order valence-corrected chi connectivity index (χ4v) is 12.6. The van der Waals surface area contributed by atoms with Crippen LogP contribution in [0.15, 0.2) is 35.5 Å². The second-order valence-corrected chi connectivity index (χ2v) is 14.4. The van der Waals surface area contributed by atoms with E-state index in [1.165, 1.54) is 0 Å². The Kier molecular flexibility index (Phi) is 5.80. The molecule has 0 amide bonds. The second-order valence-electron chi connectivity index (χ2n) is 8.55. The van der Waals surface area contributed by atoms with E-state index in [2.05, 4.69) is 72.7 Å². The van der Waals surface area contributed by atoms with Gasteiger partial charge >= 0.3 is 0 Å². The first kappa shape index (κ1) is 20.1. The zero-order valence-electron chi connectivity index (χ0n) is 17.1. The van der Waals surface area contributed by atoms with Crippen LogP contribution in [0.1, 0.15) is 60.5 Å². The third kappa shape index (κ3) is 3.06. The highest BCUT2D eigenvalue weighted by Gasteiger charge is 2.55. The van der Waals surface area contributed by atoms with E-state index in [1.807, 2.05) is 6.07 Å². The Morgan fingerprint density at radius 3 is 1.84 bits per heavy atom. The second kappa shape index (κ2) is 7.20. The summed E-state index contributed by atoms with van der Waals surface area (Å²) >= 11 is 0. The molecule has 0 radical (unpaired) electrons. The van der Waals surface area contributed by atoms with Crippen molar-refractivity contribution in [1.82, 2.24) is 0 Å². The summed E-state index contributed by atoms with van der Waals surface area (Å²) in [6.45, 7) is 16.0. The van der Waals surface area contributed by atoms with Crippen molar-refractivity contribution in [2.75, 3.05) is 7.11 Å². The molecule has 1 aromatic carbocycles. The average molecular weight is 359 g/mol. The van der Waals surface area contributed by atoms with Gasteiger partial charge in [0, 0.05) is 13.5 Å². The summed E-state index contributed by atoms with van der Waals surface area (Å²) in [5.41, 5.74) is 3.29. The molecule has 0 saturated heterocycles. The third-order valence-corrected chi connectivity index (χ3v) is 13.5. The van der Waals surface area contributed by atoms with Gasteiger partial charge in [0.2, 0.25) is 0 Å². The molecule has 0 fully saturated rings. The standard InChI is InChI=1S/C22H34O2Si/c1-15(2)25(16(3)4,17(5)6)21-19(23)14-22(7,24-8)20(21)18-12-10-9-11-13-18/h9-13,15-17H,14H2,1-8H3. The first-order valence-corrected chi connectivity index (χ1v) is 11.7. The minimum atomic E-state index is -2.06. The molecule has 2 rings (SSSR count). The average Bonchev–Trinajstić information content (AvgIpc) is 2.80. The zero-order chi connectivity index (χ0) is 19.0. The van der Waals surface area contributed by atoms with Crippen molar-refractivity contribution in [3.8, 4) is 0 Å². The van der Waals surface area contributed by atoms with E-state index < -0.39 is 13.7 Å². The Balaban J connectivity index is 2.92. The van der Waals surface area contributed by atoms with Gasteiger partial charge in [0.15, 0.2) is 5.78 Å². The van der Waals surface area contributed by atoms with Crippen LogP contribution in [0.25, 0.3) is 5.57 Å². The molecule has 2 nitrogen and oxygen atoms in total. The van der Waals surface area contributed by atoms with Crippen molar-refractivity contribution < 1.29 is 9.53 Å². The summed E-state index contributed by atoms with van der Waals surface area (Å²) in [6, 6.07) is 10.4. The highest BCUT2D eigenvalue weighted by Crippen LogP contribution is 2.54. The number of allylic oxidation sites excluding steroid dienone is 1. The van der Waals surface area contributed by atoms with Gasteiger partial charge in [-0.3, -0.25) is 4.79 Å². The fraction of sp³-hybridized carbons (Fsp3) is 0.591. The molecule has 1 unspecified atom stereocenters. The van der Waals surface area contributed by atoms with Gasteiger partial charge in [0.25, 0.3) is 0 Å². The van der Waals surface area contributed by atoms with Crippen molar-refractivity contribution in [2.24, 2.45) is 0 Å². The van der Waals surface area contributed by atoms with Gasteiger partial charge in [-0.15, -0.1) is 0 Å². The smallest absolute Gasteiger partial charge is 0.158 e. The number of carbonyl (C=O) groups excluding carboxylic acids is 1. The molecule has 0 aliphatic heterocycles. The van der Waals surface area contributed by atoms with Crippen molar-refractivity contribution in [3.63, 3.8) is 0 Å². The highest BCUT2D eigenvalue weighted by atomic mass is 28.3. The van der Waals surface area contributed by atoms with Crippen molar-refractivity contribution in [3.05, 3.63) is 41.1 Å². The number of hydrogen-bond donors (Lipinski definition) is 0. The molecular weight excluding hydrogens is 324 g/mol. The summed E-state index contributed by atoms with van der Waals surface area (Å²) in [7, 11) is -0.320. The van der Waals surface area contributed by atoms with Crippen LogP contribution < -0.4 is 0 Å². The summed E-state index contributed by atoms with van der Waals surface area (Å²) in [4.78, 5) is 13.4. The topological polar surface area (TPSA) is 26.3 Å². The van der Waals surface area contributed by atoms with Crippen molar-refractivity contribution >= 4 is 19.4 Å². The molecule has 0 spiro atoms. The molecule has 25 heavy (non-hydrogen) atoms. The van der Waals surface area contributed by atoms with Crippen LogP contribution >= 0.6 is 0 Å². The Bertz CT molecular complexity index is 636. The van der Waals surface area contributed by atoms with Gasteiger partial charge in [-0.2, -0.15) is 0 Å². The molecule has 0 N–H and O–H groups in total. The van der Waals surface area contributed by atoms with E-state index in [0.29, 0.717) is 28.8 Å². The zero-order valence-corrected chi connectivity index (χ0v) is 18.1. The molecule has 1 aliphatic carbocycles. The van der Waals surface area contributed by atoms with E-state index in [-0.39, 0.29) is 0 Å². The molecule has 1 aliphatic rings. The maximum absolute atomic E-state index is 13.4. The third-order valence-electron chi connectivity index (χ3n) is 6.37. The molecule has 1 aromatic rings. The van der Waals surface area contributed by atoms with Crippen LogP contribution in [0, 0.1) is 0 Å².